The molecule has 9 heteroatoms. The highest BCUT2D eigenvalue weighted by molar-refractivity contribution is 5.69. The van der Waals surface area contributed by atoms with Crippen molar-refractivity contribution in [3.8, 4) is 0 Å². The Hall–Kier alpha value is -1.87. The molecule has 2 atom stereocenters. The lowest BCUT2D eigenvalue weighted by molar-refractivity contribution is -0.144. The Morgan fingerprint density at radius 3 is 2.29 bits per heavy atom. The van der Waals surface area contributed by atoms with Gasteiger partial charge in [0.15, 0.2) is 0 Å². The van der Waals surface area contributed by atoms with Crippen LogP contribution < -0.4 is 0 Å². The van der Waals surface area contributed by atoms with Gasteiger partial charge >= 0.3 is 12.3 Å². The molecule has 2 unspecified atom stereocenters. The molecule has 0 aromatic heterocycles. The van der Waals surface area contributed by atoms with Crippen LogP contribution in [0, 0.1) is 5.82 Å². The molecule has 2 heterocycles. The maximum absolute atomic E-state index is 13.6. The average molecular weight is 405 g/mol. The summed E-state index contributed by atoms with van der Waals surface area (Å²) in [6.45, 7) is 5.45. The topological polar surface area (TPSA) is 59.0 Å². The molecule has 28 heavy (non-hydrogen) atoms. The molecule has 2 bridgehead atoms. The molecule has 1 aromatic carbocycles. The second-order valence-corrected chi connectivity index (χ2v) is 8.36. The number of carbonyl (C=O) groups excluding carboxylic acids is 1. The number of halogens is 4. The fraction of sp³-hybridized carbons (Fsp3) is 0.632. The van der Waals surface area contributed by atoms with Gasteiger partial charge in [0.1, 0.15) is 11.4 Å². The van der Waals surface area contributed by atoms with E-state index in [4.69, 9.17) is 9.47 Å². The summed E-state index contributed by atoms with van der Waals surface area (Å²) in [5, 5.41) is 11.1. The zero-order chi connectivity index (χ0) is 20.9. The van der Waals surface area contributed by atoms with Crippen molar-refractivity contribution in [1.29, 1.82) is 0 Å². The molecule has 1 N–H and O–H groups in total. The van der Waals surface area contributed by atoms with Crippen molar-refractivity contribution >= 4 is 6.09 Å². The lowest BCUT2D eigenvalue weighted by Crippen LogP contribution is -2.63. The van der Waals surface area contributed by atoms with Gasteiger partial charge in [-0.1, -0.05) is 6.07 Å². The van der Waals surface area contributed by atoms with Crippen LogP contribution in [0.1, 0.15) is 44.7 Å². The van der Waals surface area contributed by atoms with E-state index in [1.165, 1.54) is 4.90 Å². The van der Waals surface area contributed by atoms with Crippen molar-refractivity contribution in [1.82, 2.24) is 4.90 Å². The standard InChI is InChI=1S/C19H23F4NO4/c1-17(2,3)28-16(25)24-12-7-18(26,8-13(24)10-27-9-12)11-4-5-15(20)14(6-11)19(21,22)23/h4-6,12-13,26H,7-10H2,1-3H3. The number of hydrogen-bond acceptors (Lipinski definition) is 4. The normalized spacial score (nSPS) is 28.2. The number of amides is 1. The fourth-order valence-corrected chi connectivity index (χ4v) is 3.86. The zero-order valence-electron chi connectivity index (χ0n) is 15.8. The Labute approximate surface area is 160 Å². The number of ether oxygens (including phenoxy) is 2. The van der Waals surface area contributed by atoms with Crippen LogP contribution in [0.25, 0.3) is 0 Å². The second-order valence-electron chi connectivity index (χ2n) is 8.36. The highest BCUT2D eigenvalue weighted by atomic mass is 19.4. The molecule has 0 aliphatic carbocycles. The van der Waals surface area contributed by atoms with E-state index < -0.39 is 46.9 Å². The van der Waals surface area contributed by atoms with Gasteiger partial charge in [-0.05, 0) is 38.5 Å². The molecular formula is C19H23F4NO4. The number of aliphatic hydroxyl groups is 1. The SMILES string of the molecule is CC(C)(C)OC(=O)N1C2COCC1CC(O)(c1ccc(F)c(C(F)(F)F)c1)C2. The van der Waals surface area contributed by atoms with Gasteiger partial charge in [-0.15, -0.1) is 0 Å². The van der Waals surface area contributed by atoms with E-state index in [1.54, 1.807) is 20.8 Å². The number of nitrogens with zero attached hydrogens (tertiary/aromatic N) is 1. The van der Waals surface area contributed by atoms with Gasteiger partial charge in [0.2, 0.25) is 0 Å². The van der Waals surface area contributed by atoms with Crippen LogP contribution in [0.5, 0.6) is 0 Å². The summed E-state index contributed by atoms with van der Waals surface area (Å²) in [6, 6.07) is 1.39. The summed E-state index contributed by atoms with van der Waals surface area (Å²) in [5.74, 6) is -1.39. The number of hydrogen-bond donors (Lipinski definition) is 1. The van der Waals surface area contributed by atoms with Gasteiger partial charge in [-0.2, -0.15) is 13.2 Å². The van der Waals surface area contributed by atoms with Crippen LogP contribution in [-0.4, -0.2) is 47.0 Å². The second kappa shape index (κ2) is 6.88. The van der Waals surface area contributed by atoms with Crippen LogP contribution >= 0.6 is 0 Å². The van der Waals surface area contributed by atoms with E-state index in [0.29, 0.717) is 12.1 Å². The lowest BCUT2D eigenvalue weighted by atomic mass is 9.76. The van der Waals surface area contributed by atoms with Crippen LogP contribution in [0.15, 0.2) is 18.2 Å². The molecule has 1 aromatic rings. The first-order valence-corrected chi connectivity index (χ1v) is 8.99. The van der Waals surface area contributed by atoms with Gasteiger partial charge in [0.05, 0.1) is 36.5 Å². The Bertz CT molecular complexity index is 745. The van der Waals surface area contributed by atoms with E-state index in [0.717, 1.165) is 6.07 Å². The third-order valence-corrected chi connectivity index (χ3v) is 4.97. The lowest BCUT2D eigenvalue weighted by Gasteiger charge is -2.51. The number of carbonyl (C=O) groups is 1. The van der Waals surface area contributed by atoms with Crippen molar-refractivity contribution in [3.05, 3.63) is 35.1 Å². The van der Waals surface area contributed by atoms with Crippen molar-refractivity contribution < 1.29 is 36.9 Å². The summed E-state index contributed by atoms with van der Waals surface area (Å²) in [5.41, 5.74) is -3.79. The molecule has 2 aliphatic heterocycles. The molecule has 156 valence electrons. The van der Waals surface area contributed by atoms with Crippen LogP contribution in [-0.2, 0) is 21.3 Å². The van der Waals surface area contributed by atoms with Crippen molar-refractivity contribution in [2.45, 2.75) is 63.1 Å². The van der Waals surface area contributed by atoms with Gasteiger partial charge in [0, 0.05) is 12.8 Å². The molecule has 0 spiro atoms. The largest absolute Gasteiger partial charge is 0.444 e. The van der Waals surface area contributed by atoms with Crippen molar-refractivity contribution in [3.63, 3.8) is 0 Å². The van der Waals surface area contributed by atoms with E-state index in [2.05, 4.69) is 0 Å². The summed E-state index contributed by atoms with van der Waals surface area (Å²) in [7, 11) is 0. The van der Waals surface area contributed by atoms with E-state index in [-0.39, 0.29) is 31.6 Å². The molecule has 3 rings (SSSR count). The van der Waals surface area contributed by atoms with E-state index >= 15 is 0 Å². The molecule has 2 aliphatic rings. The fourth-order valence-electron chi connectivity index (χ4n) is 3.86. The highest BCUT2D eigenvalue weighted by Gasteiger charge is 2.50. The first-order chi connectivity index (χ1) is 12.8. The van der Waals surface area contributed by atoms with Crippen LogP contribution in [0.3, 0.4) is 0 Å². The van der Waals surface area contributed by atoms with Gasteiger partial charge < -0.3 is 14.6 Å². The minimum atomic E-state index is -4.87. The number of rotatable bonds is 1. The van der Waals surface area contributed by atoms with Crippen molar-refractivity contribution in [2.24, 2.45) is 0 Å². The number of alkyl halides is 3. The average Bonchev–Trinajstić information content (AvgIpc) is 2.51. The first kappa shape index (κ1) is 20.9. The maximum atomic E-state index is 13.6. The summed E-state index contributed by atoms with van der Waals surface area (Å²) >= 11 is 0. The molecule has 2 saturated heterocycles. The van der Waals surface area contributed by atoms with Crippen molar-refractivity contribution in [2.75, 3.05) is 13.2 Å². The third kappa shape index (κ3) is 4.10. The number of benzene rings is 1. The minimum absolute atomic E-state index is 0.0260. The first-order valence-electron chi connectivity index (χ1n) is 8.99. The molecule has 0 saturated carbocycles. The Balaban J connectivity index is 1.90. The van der Waals surface area contributed by atoms with E-state index in [9.17, 15) is 27.5 Å². The van der Waals surface area contributed by atoms with Gasteiger partial charge in [-0.25, -0.2) is 9.18 Å². The number of morpholine rings is 1. The molecule has 0 radical (unpaired) electrons. The predicted molar refractivity (Wildman–Crippen MR) is 91.0 cm³/mol. The molecular weight excluding hydrogens is 382 g/mol. The number of piperidine rings is 1. The maximum Gasteiger partial charge on any atom is 0.419 e. The zero-order valence-corrected chi connectivity index (χ0v) is 15.8. The highest BCUT2D eigenvalue weighted by Crippen LogP contribution is 2.43. The summed E-state index contributed by atoms with van der Waals surface area (Å²) in [6.07, 6.45) is -5.49. The monoisotopic (exact) mass is 405 g/mol. The summed E-state index contributed by atoms with van der Waals surface area (Å²) in [4.78, 5) is 14.1. The van der Waals surface area contributed by atoms with Crippen LogP contribution in [0.2, 0.25) is 0 Å². The third-order valence-electron chi connectivity index (χ3n) is 4.97. The molecule has 2 fully saturated rings. The molecule has 5 nitrogen and oxygen atoms in total. The van der Waals surface area contributed by atoms with Gasteiger partial charge in [-0.3, -0.25) is 4.90 Å². The Morgan fingerprint density at radius 2 is 1.79 bits per heavy atom. The Morgan fingerprint density at radius 1 is 1.21 bits per heavy atom. The van der Waals surface area contributed by atoms with Crippen LogP contribution in [0.4, 0.5) is 22.4 Å². The molecule has 1 amide bonds. The summed E-state index contributed by atoms with van der Waals surface area (Å²) < 4.78 is 63.7. The Kier molecular flexibility index (Phi) is 5.12. The van der Waals surface area contributed by atoms with E-state index in [1.807, 2.05) is 0 Å². The predicted octanol–water partition coefficient (Wildman–Crippen LogP) is 3.83. The minimum Gasteiger partial charge on any atom is -0.444 e. The smallest absolute Gasteiger partial charge is 0.419 e. The van der Waals surface area contributed by atoms with Gasteiger partial charge in [0.25, 0.3) is 0 Å². The number of fused-ring (bicyclic) bond motifs is 2. The quantitative estimate of drug-likeness (QED) is 0.722.